The first-order chi connectivity index (χ1) is 13.1. The fourth-order valence-electron chi connectivity index (χ4n) is 2.91. The SMILES string of the molecule is COc1ccc(-c2csc(N3N=C(c4ccc(C)cc4)CCC3=O)n2)cc1. The Morgan fingerprint density at radius 3 is 2.41 bits per heavy atom. The van der Waals surface area contributed by atoms with Gasteiger partial charge in [-0.05, 0) is 36.8 Å². The Bertz CT molecular complexity index is 991. The molecule has 0 radical (unpaired) electrons. The maximum Gasteiger partial charge on any atom is 0.249 e. The van der Waals surface area contributed by atoms with E-state index in [2.05, 4.69) is 29.1 Å². The summed E-state index contributed by atoms with van der Waals surface area (Å²) in [6.45, 7) is 2.05. The Hall–Kier alpha value is -2.99. The van der Waals surface area contributed by atoms with Gasteiger partial charge in [0.2, 0.25) is 11.0 Å². The monoisotopic (exact) mass is 377 g/mol. The summed E-state index contributed by atoms with van der Waals surface area (Å²) in [6.07, 6.45) is 1.08. The van der Waals surface area contributed by atoms with E-state index in [1.165, 1.54) is 21.9 Å². The molecule has 4 rings (SSSR count). The molecule has 0 unspecified atom stereocenters. The number of hydrogen-bond acceptors (Lipinski definition) is 5. The third-order valence-electron chi connectivity index (χ3n) is 4.48. The van der Waals surface area contributed by atoms with E-state index in [-0.39, 0.29) is 5.91 Å². The highest BCUT2D eigenvalue weighted by Gasteiger charge is 2.25. The molecule has 1 aromatic heterocycles. The molecule has 2 aromatic carbocycles. The Labute approximate surface area is 161 Å². The molecule has 2 heterocycles. The Morgan fingerprint density at radius 1 is 1.00 bits per heavy atom. The van der Waals surface area contributed by atoms with Crippen molar-refractivity contribution in [3.63, 3.8) is 0 Å². The second-order valence-corrected chi connectivity index (χ2v) is 7.20. The highest BCUT2D eigenvalue weighted by atomic mass is 32.1. The normalized spacial score (nSPS) is 14.2. The molecule has 0 aliphatic carbocycles. The fourth-order valence-corrected chi connectivity index (χ4v) is 3.71. The highest BCUT2D eigenvalue weighted by molar-refractivity contribution is 7.14. The van der Waals surface area contributed by atoms with Crippen molar-refractivity contribution < 1.29 is 9.53 Å². The smallest absolute Gasteiger partial charge is 0.249 e. The lowest BCUT2D eigenvalue weighted by molar-refractivity contribution is -0.118. The summed E-state index contributed by atoms with van der Waals surface area (Å²) in [5.41, 5.74) is 4.96. The lowest BCUT2D eigenvalue weighted by atomic mass is 10.0. The van der Waals surface area contributed by atoms with Crippen LogP contribution >= 0.6 is 11.3 Å². The molecule has 6 heteroatoms. The molecule has 1 amide bonds. The first-order valence-corrected chi connectivity index (χ1v) is 9.59. The minimum atomic E-state index is -0.0264. The molecule has 3 aromatic rings. The van der Waals surface area contributed by atoms with Crippen LogP contribution in [0.3, 0.4) is 0 Å². The van der Waals surface area contributed by atoms with Crippen molar-refractivity contribution >= 4 is 28.1 Å². The van der Waals surface area contributed by atoms with E-state index < -0.39 is 0 Å². The second-order valence-electron chi connectivity index (χ2n) is 6.36. The standard InChI is InChI=1S/C21H19N3O2S/c1-14-3-5-15(6-4-14)18-11-12-20(25)24(23-18)21-22-19(13-27-21)16-7-9-17(26-2)10-8-16/h3-10,13H,11-12H2,1-2H3. The van der Waals surface area contributed by atoms with Crippen LogP contribution in [-0.4, -0.2) is 23.7 Å². The third kappa shape index (κ3) is 3.61. The Morgan fingerprint density at radius 2 is 1.70 bits per heavy atom. The molecule has 136 valence electrons. The van der Waals surface area contributed by atoms with Gasteiger partial charge in [0.05, 0.1) is 18.5 Å². The summed E-state index contributed by atoms with van der Waals surface area (Å²) in [4.78, 5) is 17.1. The van der Waals surface area contributed by atoms with Gasteiger partial charge in [-0.1, -0.05) is 29.8 Å². The molecule has 0 N–H and O–H groups in total. The number of thiazole rings is 1. The number of rotatable bonds is 4. The zero-order chi connectivity index (χ0) is 18.8. The van der Waals surface area contributed by atoms with E-state index >= 15 is 0 Å². The fraction of sp³-hybridized carbons (Fsp3) is 0.190. The number of amides is 1. The van der Waals surface area contributed by atoms with Crippen molar-refractivity contribution in [2.24, 2.45) is 5.10 Å². The number of hydrogen-bond donors (Lipinski definition) is 0. The predicted molar refractivity (Wildman–Crippen MR) is 109 cm³/mol. The lowest BCUT2D eigenvalue weighted by Crippen LogP contribution is -2.31. The molecule has 1 aliphatic rings. The number of nitrogens with zero attached hydrogens (tertiary/aromatic N) is 3. The van der Waals surface area contributed by atoms with Gasteiger partial charge in [0.1, 0.15) is 5.75 Å². The average Bonchev–Trinajstić information content (AvgIpc) is 3.19. The zero-order valence-corrected chi connectivity index (χ0v) is 16.0. The van der Waals surface area contributed by atoms with E-state index in [4.69, 9.17) is 4.74 Å². The summed E-state index contributed by atoms with van der Waals surface area (Å²) in [5.74, 6) is 0.772. The number of anilines is 1. The summed E-state index contributed by atoms with van der Waals surface area (Å²) >= 11 is 1.42. The van der Waals surface area contributed by atoms with Crippen molar-refractivity contribution in [3.8, 4) is 17.0 Å². The van der Waals surface area contributed by atoms with Gasteiger partial charge in [-0.25, -0.2) is 4.98 Å². The van der Waals surface area contributed by atoms with E-state index in [0.29, 0.717) is 18.0 Å². The van der Waals surface area contributed by atoms with Crippen molar-refractivity contribution in [3.05, 3.63) is 65.0 Å². The van der Waals surface area contributed by atoms with Crippen LogP contribution in [0.2, 0.25) is 0 Å². The second kappa shape index (κ2) is 7.32. The highest BCUT2D eigenvalue weighted by Crippen LogP contribution is 2.31. The van der Waals surface area contributed by atoms with Gasteiger partial charge in [0, 0.05) is 23.8 Å². The molecule has 0 spiro atoms. The summed E-state index contributed by atoms with van der Waals surface area (Å²) in [7, 11) is 1.64. The van der Waals surface area contributed by atoms with Gasteiger partial charge < -0.3 is 4.74 Å². The number of ether oxygens (including phenoxy) is 1. The maximum absolute atomic E-state index is 12.4. The molecule has 0 fully saturated rings. The van der Waals surface area contributed by atoms with Crippen molar-refractivity contribution in [1.82, 2.24) is 4.98 Å². The van der Waals surface area contributed by atoms with E-state index in [1.54, 1.807) is 7.11 Å². The van der Waals surface area contributed by atoms with Gasteiger partial charge in [-0.15, -0.1) is 11.3 Å². The van der Waals surface area contributed by atoms with Crippen LogP contribution in [0.5, 0.6) is 5.75 Å². The summed E-state index contributed by atoms with van der Waals surface area (Å²) in [6, 6.07) is 15.9. The third-order valence-corrected chi connectivity index (χ3v) is 5.29. The van der Waals surface area contributed by atoms with E-state index in [9.17, 15) is 4.79 Å². The molecule has 1 aliphatic heterocycles. The molecular formula is C21H19N3O2S. The van der Waals surface area contributed by atoms with Crippen molar-refractivity contribution in [2.75, 3.05) is 12.1 Å². The van der Waals surface area contributed by atoms with Crippen LogP contribution in [0.15, 0.2) is 59.0 Å². The molecule has 0 saturated carbocycles. The average molecular weight is 377 g/mol. The van der Waals surface area contributed by atoms with E-state index in [1.807, 2.05) is 41.8 Å². The van der Waals surface area contributed by atoms with Gasteiger partial charge in [0.15, 0.2) is 0 Å². The number of aryl methyl sites for hydroxylation is 1. The first-order valence-electron chi connectivity index (χ1n) is 8.71. The molecule has 5 nitrogen and oxygen atoms in total. The predicted octanol–water partition coefficient (Wildman–Crippen LogP) is 4.66. The van der Waals surface area contributed by atoms with Crippen molar-refractivity contribution in [1.29, 1.82) is 0 Å². The summed E-state index contributed by atoms with van der Waals surface area (Å²) < 4.78 is 5.19. The van der Waals surface area contributed by atoms with Crippen molar-refractivity contribution in [2.45, 2.75) is 19.8 Å². The quantitative estimate of drug-likeness (QED) is 0.664. The number of aromatic nitrogens is 1. The zero-order valence-electron chi connectivity index (χ0n) is 15.2. The van der Waals surface area contributed by atoms with Crippen LogP contribution in [0.25, 0.3) is 11.3 Å². The van der Waals surface area contributed by atoms with Crippen LogP contribution in [0.4, 0.5) is 5.13 Å². The van der Waals surface area contributed by atoms with Crippen LogP contribution in [-0.2, 0) is 4.79 Å². The Balaban J connectivity index is 1.63. The maximum atomic E-state index is 12.4. The summed E-state index contributed by atoms with van der Waals surface area (Å²) in [5, 5.41) is 8.57. The van der Waals surface area contributed by atoms with Gasteiger partial charge in [0.25, 0.3) is 0 Å². The first kappa shape index (κ1) is 17.4. The number of carbonyl (C=O) groups excluding carboxylic acids is 1. The minimum Gasteiger partial charge on any atom is -0.497 e. The van der Waals surface area contributed by atoms with Gasteiger partial charge in [-0.3, -0.25) is 4.79 Å². The van der Waals surface area contributed by atoms with Crippen LogP contribution in [0.1, 0.15) is 24.0 Å². The molecular weight excluding hydrogens is 358 g/mol. The molecule has 0 bridgehead atoms. The molecule has 0 atom stereocenters. The number of hydrazone groups is 1. The number of benzene rings is 2. The van der Waals surface area contributed by atoms with Gasteiger partial charge in [-0.2, -0.15) is 10.1 Å². The Kier molecular flexibility index (Phi) is 4.73. The number of methoxy groups -OCH3 is 1. The largest absolute Gasteiger partial charge is 0.497 e. The van der Waals surface area contributed by atoms with Crippen LogP contribution < -0.4 is 9.75 Å². The lowest BCUT2D eigenvalue weighted by Gasteiger charge is -2.21. The van der Waals surface area contributed by atoms with Crippen LogP contribution in [0, 0.1) is 6.92 Å². The minimum absolute atomic E-state index is 0.0264. The molecule has 0 saturated heterocycles. The number of carbonyl (C=O) groups is 1. The molecule has 27 heavy (non-hydrogen) atoms. The van der Waals surface area contributed by atoms with Gasteiger partial charge >= 0.3 is 0 Å². The van der Waals surface area contributed by atoms with E-state index in [0.717, 1.165) is 28.3 Å². The topological polar surface area (TPSA) is 54.8 Å².